The van der Waals surface area contributed by atoms with E-state index in [1.165, 1.54) is 17.5 Å². The Morgan fingerprint density at radius 3 is 3.00 bits per heavy atom. The normalized spacial score (nSPS) is 16.4. The lowest BCUT2D eigenvalue weighted by Gasteiger charge is -2.10. The van der Waals surface area contributed by atoms with Crippen LogP contribution in [0.3, 0.4) is 0 Å². The van der Waals surface area contributed by atoms with Crippen LogP contribution in [0.2, 0.25) is 0 Å². The molecule has 0 radical (unpaired) electrons. The molecule has 0 aromatic carbocycles. The fourth-order valence-electron chi connectivity index (χ4n) is 2.23. The molecule has 1 aliphatic rings. The van der Waals surface area contributed by atoms with Crippen LogP contribution < -0.4 is 15.4 Å². The van der Waals surface area contributed by atoms with Crippen LogP contribution >= 0.6 is 11.3 Å². The highest BCUT2D eigenvalue weighted by Gasteiger charge is 2.18. The van der Waals surface area contributed by atoms with Gasteiger partial charge in [0.2, 0.25) is 11.8 Å². The Balaban J connectivity index is 1.56. The molecule has 2 amide bonds. The molecule has 2 aromatic heterocycles. The van der Waals surface area contributed by atoms with Crippen molar-refractivity contribution < 1.29 is 19.1 Å². The van der Waals surface area contributed by atoms with E-state index in [9.17, 15) is 9.59 Å². The Labute approximate surface area is 148 Å². The summed E-state index contributed by atoms with van der Waals surface area (Å²) in [5, 5.41) is 7.41. The maximum absolute atomic E-state index is 12.2. The van der Waals surface area contributed by atoms with Gasteiger partial charge in [-0.05, 0) is 6.07 Å². The van der Waals surface area contributed by atoms with Crippen LogP contribution in [-0.2, 0) is 16.0 Å². The van der Waals surface area contributed by atoms with Gasteiger partial charge in [-0.2, -0.15) is 0 Å². The van der Waals surface area contributed by atoms with E-state index >= 15 is 0 Å². The maximum Gasteiger partial charge on any atom is 0.259 e. The van der Waals surface area contributed by atoms with Crippen molar-refractivity contribution in [1.82, 2.24) is 15.3 Å². The molecule has 132 valence electrons. The monoisotopic (exact) mass is 362 g/mol. The van der Waals surface area contributed by atoms with E-state index in [4.69, 9.17) is 9.47 Å². The Morgan fingerprint density at radius 1 is 1.44 bits per heavy atom. The predicted octanol–water partition coefficient (Wildman–Crippen LogP) is 1.25. The summed E-state index contributed by atoms with van der Waals surface area (Å²) < 4.78 is 10.9. The summed E-state index contributed by atoms with van der Waals surface area (Å²) in [7, 11) is 1.57. The average molecular weight is 362 g/mol. The Morgan fingerprint density at radius 2 is 2.32 bits per heavy atom. The van der Waals surface area contributed by atoms with Gasteiger partial charge in [-0.25, -0.2) is 9.97 Å². The standard InChI is InChI=1S/C16H18N4O4S/c1-17-13(21)6-11-9-25-16(19-11)20-15(22)10-2-3-14(18-7-10)24-12-4-5-23-8-12/h2-3,7,9,12H,4-6,8H2,1H3,(H,17,21)(H,19,20,22). The first-order valence-electron chi connectivity index (χ1n) is 7.81. The van der Waals surface area contributed by atoms with E-state index in [0.29, 0.717) is 35.5 Å². The Hall–Kier alpha value is -2.52. The van der Waals surface area contributed by atoms with Gasteiger partial charge in [0.1, 0.15) is 6.10 Å². The Kier molecular flexibility index (Phi) is 5.56. The zero-order valence-corrected chi connectivity index (χ0v) is 14.5. The third-order valence-electron chi connectivity index (χ3n) is 3.57. The van der Waals surface area contributed by atoms with Gasteiger partial charge in [0.25, 0.3) is 5.91 Å². The molecule has 0 saturated carbocycles. The largest absolute Gasteiger partial charge is 0.472 e. The number of thiazole rings is 1. The van der Waals surface area contributed by atoms with Gasteiger partial charge < -0.3 is 14.8 Å². The smallest absolute Gasteiger partial charge is 0.259 e. The number of anilines is 1. The summed E-state index contributed by atoms with van der Waals surface area (Å²) in [5.41, 5.74) is 1.01. The first kappa shape index (κ1) is 17.3. The van der Waals surface area contributed by atoms with Gasteiger partial charge in [0.15, 0.2) is 5.13 Å². The van der Waals surface area contributed by atoms with Crippen LogP contribution in [0.15, 0.2) is 23.7 Å². The van der Waals surface area contributed by atoms with E-state index in [1.54, 1.807) is 24.6 Å². The number of hydrogen-bond donors (Lipinski definition) is 2. The lowest BCUT2D eigenvalue weighted by atomic mass is 10.2. The molecule has 25 heavy (non-hydrogen) atoms. The van der Waals surface area contributed by atoms with Gasteiger partial charge in [-0.3, -0.25) is 14.9 Å². The fraction of sp³-hybridized carbons (Fsp3) is 0.375. The molecule has 1 aliphatic heterocycles. The lowest BCUT2D eigenvalue weighted by molar-refractivity contribution is -0.120. The molecule has 0 aliphatic carbocycles. The van der Waals surface area contributed by atoms with Crippen LogP contribution in [0.4, 0.5) is 5.13 Å². The summed E-state index contributed by atoms with van der Waals surface area (Å²) in [6.07, 6.45) is 2.49. The highest BCUT2D eigenvalue weighted by molar-refractivity contribution is 7.14. The number of aromatic nitrogens is 2. The van der Waals surface area contributed by atoms with Crippen molar-refractivity contribution in [3.05, 3.63) is 35.0 Å². The molecule has 1 unspecified atom stereocenters. The number of nitrogens with zero attached hydrogens (tertiary/aromatic N) is 2. The van der Waals surface area contributed by atoms with Crippen molar-refractivity contribution in [3.8, 4) is 5.88 Å². The molecule has 0 bridgehead atoms. The summed E-state index contributed by atoms with van der Waals surface area (Å²) >= 11 is 1.27. The number of likely N-dealkylation sites (N-methyl/N-ethyl adjacent to an activating group) is 1. The average Bonchev–Trinajstić information content (AvgIpc) is 3.27. The van der Waals surface area contributed by atoms with Crippen molar-refractivity contribution in [3.63, 3.8) is 0 Å². The fourth-order valence-corrected chi connectivity index (χ4v) is 2.93. The molecule has 0 spiro atoms. The van der Waals surface area contributed by atoms with Crippen LogP contribution in [0, 0.1) is 0 Å². The molecule has 8 nitrogen and oxygen atoms in total. The first-order chi connectivity index (χ1) is 12.1. The van der Waals surface area contributed by atoms with Crippen molar-refractivity contribution in [2.75, 3.05) is 25.6 Å². The summed E-state index contributed by atoms with van der Waals surface area (Å²) in [5.74, 6) is 0.0221. The minimum atomic E-state index is -0.316. The van der Waals surface area contributed by atoms with E-state index < -0.39 is 0 Å². The molecule has 3 heterocycles. The van der Waals surface area contributed by atoms with Gasteiger partial charge >= 0.3 is 0 Å². The number of carbonyl (C=O) groups is 2. The van der Waals surface area contributed by atoms with Crippen molar-refractivity contribution in [1.29, 1.82) is 0 Å². The number of amides is 2. The summed E-state index contributed by atoms with van der Waals surface area (Å²) in [4.78, 5) is 31.9. The van der Waals surface area contributed by atoms with Crippen LogP contribution in [0.1, 0.15) is 22.5 Å². The van der Waals surface area contributed by atoms with Crippen LogP contribution in [0.5, 0.6) is 5.88 Å². The first-order valence-corrected chi connectivity index (χ1v) is 8.69. The third-order valence-corrected chi connectivity index (χ3v) is 4.37. The SMILES string of the molecule is CNC(=O)Cc1csc(NC(=O)c2ccc(OC3CCOC3)nc2)n1. The summed E-state index contributed by atoms with van der Waals surface area (Å²) in [6, 6.07) is 3.30. The number of pyridine rings is 1. The molecule has 2 N–H and O–H groups in total. The highest BCUT2D eigenvalue weighted by atomic mass is 32.1. The number of ether oxygens (including phenoxy) is 2. The molecule has 1 atom stereocenters. The number of carbonyl (C=O) groups excluding carboxylic acids is 2. The highest BCUT2D eigenvalue weighted by Crippen LogP contribution is 2.18. The molecule has 1 saturated heterocycles. The molecule has 1 fully saturated rings. The predicted molar refractivity (Wildman–Crippen MR) is 91.9 cm³/mol. The third kappa shape index (κ3) is 4.74. The molecule has 2 aromatic rings. The molecule has 3 rings (SSSR count). The van der Waals surface area contributed by atoms with Crippen molar-refractivity contribution >= 4 is 28.3 Å². The lowest BCUT2D eigenvalue weighted by Crippen LogP contribution is -2.20. The molecule has 9 heteroatoms. The van der Waals surface area contributed by atoms with Crippen molar-refractivity contribution in [2.45, 2.75) is 18.9 Å². The topological polar surface area (TPSA) is 102 Å². The minimum absolute atomic E-state index is 0.0150. The quantitative estimate of drug-likeness (QED) is 0.802. The second-order valence-electron chi connectivity index (χ2n) is 5.44. The number of hydrogen-bond acceptors (Lipinski definition) is 7. The number of rotatable bonds is 6. The molecular formula is C16H18N4O4S. The van der Waals surface area contributed by atoms with E-state index in [0.717, 1.165) is 6.42 Å². The van der Waals surface area contributed by atoms with Gasteiger partial charge in [-0.1, -0.05) is 0 Å². The maximum atomic E-state index is 12.2. The Bertz CT molecular complexity index is 741. The van der Waals surface area contributed by atoms with Crippen molar-refractivity contribution in [2.24, 2.45) is 0 Å². The molecular weight excluding hydrogens is 344 g/mol. The number of nitrogens with one attached hydrogen (secondary N) is 2. The zero-order chi connectivity index (χ0) is 17.6. The van der Waals surface area contributed by atoms with Gasteiger partial charge in [0.05, 0.1) is 30.9 Å². The second-order valence-corrected chi connectivity index (χ2v) is 6.29. The van der Waals surface area contributed by atoms with Gasteiger partial charge in [0, 0.05) is 31.1 Å². The van der Waals surface area contributed by atoms with Crippen LogP contribution in [-0.4, -0.2) is 48.1 Å². The van der Waals surface area contributed by atoms with Crippen LogP contribution in [0.25, 0.3) is 0 Å². The zero-order valence-electron chi connectivity index (χ0n) is 13.7. The van der Waals surface area contributed by atoms with E-state index in [1.807, 2.05) is 0 Å². The summed E-state index contributed by atoms with van der Waals surface area (Å²) in [6.45, 7) is 1.26. The van der Waals surface area contributed by atoms with E-state index in [-0.39, 0.29) is 24.3 Å². The second kappa shape index (κ2) is 8.04. The van der Waals surface area contributed by atoms with Gasteiger partial charge in [-0.15, -0.1) is 11.3 Å². The van der Waals surface area contributed by atoms with E-state index in [2.05, 4.69) is 20.6 Å². The minimum Gasteiger partial charge on any atom is -0.472 e.